The van der Waals surface area contributed by atoms with Crippen molar-refractivity contribution in [1.82, 2.24) is 5.32 Å². The summed E-state index contributed by atoms with van der Waals surface area (Å²) in [7, 11) is 0. The molecular weight excluding hydrogens is 264 g/mol. The minimum Gasteiger partial charge on any atom is -0.492 e. The Kier molecular flexibility index (Phi) is 6.05. The molecule has 0 spiro atoms. The van der Waals surface area contributed by atoms with Crippen LogP contribution < -0.4 is 15.4 Å². The lowest BCUT2D eigenvalue weighted by Crippen LogP contribution is -2.30. The number of piperidine rings is 1. The first-order valence-electron chi connectivity index (χ1n) is 7.99. The van der Waals surface area contributed by atoms with E-state index in [4.69, 9.17) is 4.74 Å². The van der Waals surface area contributed by atoms with Gasteiger partial charge >= 0.3 is 0 Å². The van der Waals surface area contributed by atoms with Gasteiger partial charge in [0.2, 0.25) is 5.91 Å². The van der Waals surface area contributed by atoms with Crippen LogP contribution in [0.1, 0.15) is 38.7 Å². The van der Waals surface area contributed by atoms with Crippen LogP contribution in [0.4, 0.5) is 5.69 Å². The summed E-state index contributed by atoms with van der Waals surface area (Å²) in [6.07, 6.45) is 4.08. The molecule has 0 radical (unpaired) electrons. The molecule has 1 atom stereocenters. The minimum absolute atomic E-state index is 0.0141. The second-order valence-electron chi connectivity index (χ2n) is 5.58. The van der Waals surface area contributed by atoms with Crippen LogP contribution in [-0.4, -0.2) is 25.6 Å². The summed E-state index contributed by atoms with van der Waals surface area (Å²) in [5, 5.41) is 6.35. The predicted octanol–water partition coefficient (Wildman–Crippen LogP) is 2.98. The zero-order valence-corrected chi connectivity index (χ0v) is 13.1. The van der Waals surface area contributed by atoms with E-state index in [9.17, 15) is 4.79 Å². The Balaban J connectivity index is 2.08. The van der Waals surface area contributed by atoms with Gasteiger partial charge in [-0.2, -0.15) is 0 Å². The molecule has 1 amide bonds. The van der Waals surface area contributed by atoms with Gasteiger partial charge < -0.3 is 15.4 Å². The van der Waals surface area contributed by atoms with Crippen molar-refractivity contribution in [3.63, 3.8) is 0 Å². The van der Waals surface area contributed by atoms with Gasteiger partial charge in [-0.1, -0.05) is 13.0 Å². The van der Waals surface area contributed by atoms with Gasteiger partial charge in [-0.05, 0) is 62.9 Å². The molecule has 1 aliphatic rings. The molecule has 1 unspecified atom stereocenters. The molecule has 0 aliphatic carbocycles. The van der Waals surface area contributed by atoms with Crippen LogP contribution in [0.25, 0.3) is 0 Å². The topological polar surface area (TPSA) is 50.4 Å². The number of hydrogen-bond acceptors (Lipinski definition) is 3. The molecule has 0 saturated carbocycles. The Morgan fingerprint density at radius 2 is 2.29 bits per heavy atom. The van der Waals surface area contributed by atoms with E-state index >= 15 is 0 Å². The van der Waals surface area contributed by atoms with Crippen LogP contribution >= 0.6 is 0 Å². The summed E-state index contributed by atoms with van der Waals surface area (Å²) in [4.78, 5) is 11.6. The van der Waals surface area contributed by atoms with Gasteiger partial charge in [0.25, 0.3) is 0 Å². The van der Waals surface area contributed by atoms with Gasteiger partial charge in [0, 0.05) is 6.42 Å². The third kappa shape index (κ3) is 4.74. The largest absolute Gasteiger partial charge is 0.492 e. The van der Waals surface area contributed by atoms with Crippen LogP contribution in [0.3, 0.4) is 0 Å². The van der Waals surface area contributed by atoms with Crippen molar-refractivity contribution in [2.24, 2.45) is 5.92 Å². The molecule has 4 nitrogen and oxygen atoms in total. The van der Waals surface area contributed by atoms with Crippen molar-refractivity contribution in [3.05, 3.63) is 23.8 Å². The average Bonchev–Trinajstić information content (AvgIpc) is 2.51. The molecular formula is C17H26N2O2. The number of ether oxygens (including phenoxy) is 1. The van der Waals surface area contributed by atoms with Crippen molar-refractivity contribution in [1.29, 1.82) is 0 Å². The van der Waals surface area contributed by atoms with Crippen molar-refractivity contribution >= 4 is 11.6 Å². The fourth-order valence-corrected chi connectivity index (χ4v) is 2.74. The second kappa shape index (κ2) is 8.03. The van der Waals surface area contributed by atoms with E-state index in [1.54, 1.807) is 0 Å². The molecule has 21 heavy (non-hydrogen) atoms. The summed E-state index contributed by atoms with van der Waals surface area (Å²) in [5.74, 6) is 1.49. The standard InChI is InChI=1S/C17H26N2O2/c1-3-17(20)19-15-8-7-13(11-16(15)21-4-2)10-14-6-5-9-18-12-14/h7-8,11,14,18H,3-6,9-10,12H2,1-2H3,(H,19,20). The van der Waals surface area contributed by atoms with Crippen molar-refractivity contribution in [2.45, 2.75) is 39.5 Å². The summed E-state index contributed by atoms with van der Waals surface area (Å²) in [6, 6.07) is 6.13. The lowest BCUT2D eigenvalue weighted by molar-refractivity contribution is -0.115. The second-order valence-corrected chi connectivity index (χ2v) is 5.58. The summed E-state index contributed by atoms with van der Waals surface area (Å²) in [5.41, 5.74) is 2.05. The Bertz CT molecular complexity index is 468. The normalized spacial score (nSPS) is 18.3. The maximum absolute atomic E-state index is 11.6. The number of carbonyl (C=O) groups is 1. The Morgan fingerprint density at radius 1 is 1.43 bits per heavy atom. The highest BCUT2D eigenvalue weighted by Gasteiger charge is 2.15. The molecule has 1 aliphatic heterocycles. The van der Waals surface area contributed by atoms with Crippen molar-refractivity contribution in [3.8, 4) is 5.75 Å². The number of benzene rings is 1. The van der Waals surface area contributed by atoms with Crippen LogP contribution in [0.5, 0.6) is 5.75 Å². The molecule has 2 N–H and O–H groups in total. The van der Waals surface area contributed by atoms with Gasteiger partial charge in [0.15, 0.2) is 0 Å². The highest BCUT2D eigenvalue weighted by Crippen LogP contribution is 2.28. The molecule has 0 bridgehead atoms. The first kappa shape index (κ1) is 15.8. The molecule has 1 heterocycles. The summed E-state index contributed by atoms with van der Waals surface area (Å²) < 4.78 is 5.68. The van der Waals surface area contributed by atoms with Gasteiger partial charge in [0.05, 0.1) is 12.3 Å². The highest BCUT2D eigenvalue weighted by atomic mass is 16.5. The van der Waals surface area contributed by atoms with E-state index in [1.807, 2.05) is 19.9 Å². The van der Waals surface area contributed by atoms with Gasteiger partial charge in [-0.15, -0.1) is 0 Å². The number of anilines is 1. The van der Waals surface area contributed by atoms with Crippen LogP contribution in [-0.2, 0) is 11.2 Å². The van der Waals surface area contributed by atoms with Crippen LogP contribution in [0, 0.1) is 5.92 Å². The average molecular weight is 290 g/mol. The maximum atomic E-state index is 11.6. The zero-order valence-electron chi connectivity index (χ0n) is 13.1. The quantitative estimate of drug-likeness (QED) is 0.847. The number of nitrogens with one attached hydrogen (secondary N) is 2. The van der Waals surface area contributed by atoms with E-state index in [-0.39, 0.29) is 5.91 Å². The Morgan fingerprint density at radius 3 is 2.95 bits per heavy atom. The van der Waals surface area contributed by atoms with E-state index in [0.717, 1.165) is 30.9 Å². The van der Waals surface area contributed by atoms with Crippen LogP contribution in [0.15, 0.2) is 18.2 Å². The van der Waals surface area contributed by atoms with E-state index in [0.29, 0.717) is 18.9 Å². The van der Waals surface area contributed by atoms with Gasteiger partial charge in [0.1, 0.15) is 5.75 Å². The number of carbonyl (C=O) groups excluding carboxylic acids is 1. The first-order valence-corrected chi connectivity index (χ1v) is 7.99. The first-order chi connectivity index (χ1) is 10.2. The van der Waals surface area contributed by atoms with E-state index in [1.165, 1.54) is 18.4 Å². The maximum Gasteiger partial charge on any atom is 0.224 e. The molecule has 1 aromatic rings. The Hall–Kier alpha value is -1.55. The monoisotopic (exact) mass is 290 g/mol. The third-order valence-corrected chi connectivity index (χ3v) is 3.86. The molecule has 4 heteroatoms. The summed E-state index contributed by atoms with van der Waals surface area (Å²) in [6.45, 7) is 6.65. The predicted molar refractivity (Wildman–Crippen MR) is 85.8 cm³/mol. The third-order valence-electron chi connectivity index (χ3n) is 3.86. The molecule has 1 saturated heterocycles. The molecule has 1 fully saturated rings. The SMILES string of the molecule is CCOc1cc(CC2CCCNC2)ccc1NC(=O)CC. The number of rotatable bonds is 6. The highest BCUT2D eigenvalue weighted by molar-refractivity contribution is 5.92. The molecule has 1 aromatic carbocycles. The van der Waals surface area contributed by atoms with E-state index < -0.39 is 0 Å². The molecule has 2 rings (SSSR count). The Labute approximate surface area is 127 Å². The van der Waals surface area contributed by atoms with Crippen LogP contribution in [0.2, 0.25) is 0 Å². The smallest absolute Gasteiger partial charge is 0.224 e. The van der Waals surface area contributed by atoms with Crippen molar-refractivity contribution in [2.75, 3.05) is 25.0 Å². The van der Waals surface area contributed by atoms with E-state index in [2.05, 4.69) is 22.8 Å². The minimum atomic E-state index is 0.0141. The van der Waals surface area contributed by atoms with Gasteiger partial charge in [-0.3, -0.25) is 4.79 Å². The van der Waals surface area contributed by atoms with Gasteiger partial charge in [-0.25, -0.2) is 0 Å². The fourth-order valence-electron chi connectivity index (χ4n) is 2.74. The lowest BCUT2D eigenvalue weighted by atomic mass is 9.92. The fraction of sp³-hybridized carbons (Fsp3) is 0.588. The lowest BCUT2D eigenvalue weighted by Gasteiger charge is -2.23. The summed E-state index contributed by atoms with van der Waals surface area (Å²) >= 11 is 0. The van der Waals surface area contributed by atoms with Crippen molar-refractivity contribution < 1.29 is 9.53 Å². The molecule has 116 valence electrons. The number of amides is 1. The number of hydrogen-bond donors (Lipinski definition) is 2. The zero-order chi connectivity index (χ0) is 15.1. The molecule has 0 aromatic heterocycles.